The van der Waals surface area contributed by atoms with Crippen LogP contribution in [-0.2, 0) is 33.2 Å². The fourth-order valence-corrected chi connectivity index (χ4v) is 5.17. The van der Waals surface area contributed by atoms with Crippen LogP contribution in [-0.4, -0.2) is 216 Å². The summed E-state index contributed by atoms with van der Waals surface area (Å²) in [6, 6.07) is 0. The Hall–Kier alpha value is -0.800. The van der Waals surface area contributed by atoms with Gasteiger partial charge in [0.2, 0.25) is 0 Å². The molecule has 258 valence electrons. The highest BCUT2D eigenvalue weighted by Gasteiger charge is 2.49. The van der Waals surface area contributed by atoms with Crippen LogP contribution in [0.1, 0.15) is 0 Å². The van der Waals surface area contributed by atoms with Crippen molar-refractivity contribution in [2.45, 2.75) is 117 Å². The predicted octanol–water partition coefficient (Wildman–Crippen LogP) is -9.07. The molecule has 4 aliphatic rings. The second-order valence-corrected chi connectivity index (χ2v) is 11.1. The summed E-state index contributed by atoms with van der Waals surface area (Å²) in [6.45, 7) is -2.74. The Morgan fingerprint density at radius 1 is 0.409 bits per heavy atom. The molecule has 0 saturated carbocycles. The van der Waals surface area contributed by atoms with Gasteiger partial charge in [0, 0.05) is 0 Å². The molecule has 13 N–H and O–H groups in total. The lowest BCUT2D eigenvalue weighted by Crippen LogP contribution is -2.63. The third kappa shape index (κ3) is 7.67. The Balaban J connectivity index is 1.32. The van der Waals surface area contributed by atoms with Gasteiger partial charge < -0.3 is 99.5 Å². The minimum atomic E-state index is -1.85. The molecule has 0 aliphatic carbocycles. The fourth-order valence-electron chi connectivity index (χ4n) is 5.17. The fraction of sp³-hybridized carbons (Fsp3) is 1.00. The molecule has 44 heavy (non-hydrogen) atoms. The van der Waals surface area contributed by atoms with E-state index >= 15 is 0 Å². The summed E-state index contributed by atoms with van der Waals surface area (Å²) in [5.41, 5.74) is 0. The second-order valence-electron chi connectivity index (χ2n) is 11.1. The zero-order valence-electron chi connectivity index (χ0n) is 23.2. The van der Waals surface area contributed by atoms with Crippen molar-refractivity contribution in [2.24, 2.45) is 0 Å². The zero-order chi connectivity index (χ0) is 32.5. The Morgan fingerprint density at radius 3 is 1.16 bits per heavy atom. The van der Waals surface area contributed by atoms with E-state index in [9.17, 15) is 66.4 Å². The number of hydrogen-bond acceptors (Lipinski definition) is 20. The van der Waals surface area contributed by atoms with Crippen LogP contribution in [0.5, 0.6) is 0 Å². The Morgan fingerprint density at radius 2 is 0.750 bits per heavy atom. The first-order valence-electron chi connectivity index (χ1n) is 14.0. The van der Waals surface area contributed by atoms with Crippen molar-refractivity contribution in [1.29, 1.82) is 0 Å². The SMILES string of the molecule is OC[C@H]1O[C@H](OC[C@H]2O[C@H](OC[C@H]3O[C@H](OC[C@H]4OC[C@H](O)[C@@H](O)[C@@H]4O)[C@H](O)[C@@H](O)[C@@H]3O)[C@H](O)[C@@H](O)[C@@H]2O)[C@H](O)[C@@H](O)[C@@H]1O. The van der Waals surface area contributed by atoms with Gasteiger partial charge in [-0.25, -0.2) is 0 Å². The van der Waals surface area contributed by atoms with E-state index in [1.165, 1.54) is 0 Å². The summed E-state index contributed by atoms with van der Waals surface area (Å²) in [4.78, 5) is 0. The van der Waals surface area contributed by atoms with E-state index in [0.29, 0.717) is 0 Å². The van der Waals surface area contributed by atoms with Crippen molar-refractivity contribution < 1.29 is 99.5 Å². The maximum Gasteiger partial charge on any atom is 0.186 e. The summed E-state index contributed by atoms with van der Waals surface area (Å²) in [6.07, 6.45) is -30.5. The van der Waals surface area contributed by atoms with E-state index in [1.54, 1.807) is 0 Å². The lowest BCUT2D eigenvalue weighted by molar-refractivity contribution is -0.344. The van der Waals surface area contributed by atoms with Crippen LogP contribution in [0.3, 0.4) is 0 Å². The van der Waals surface area contributed by atoms with Crippen molar-refractivity contribution in [3.8, 4) is 0 Å². The smallest absolute Gasteiger partial charge is 0.186 e. The molecule has 0 aromatic rings. The van der Waals surface area contributed by atoms with Gasteiger partial charge in [-0.05, 0) is 0 Å². The van der Waals surface area contributed by atoms with Crippen LogP contribution < -0.4 is 0 Å². The number of aliphatic hydroxyl groups is 13. The Labute approximate surface area is 249 Å². The van der Waals surface area contributed by atoms with Gasteiger partial charge >= 0.3 is 0 Å². The summed E-state index contributed by atoms with van der Waals surface area (Å²) < 4.78 is 37.6. The molecule has 0 bridgehead atoms. The summed E-state index contributed by atoms with van der Waals surface area (Å²) in [5.74, 6) is 0. The predicted molar refractivity (Wildman–Crippen MR) is 133 cm³/mol. The highest BCUT2D eigenvalue weighted by atomic mass is 16.7. The highest BCUT2D eigenvalue weighted by Crippen LogP contribution is 2.28. The first kappa shape index (κ1) is 36.0. The van der Waals surface area contributed by atoms with Gasteiger partial charge in [0.1, 0.15) is 97.7 Å². The molecule has 0 aromatic heterocycles. The monoisotopic (exact) mass is 650 g/mol. The van der Waals surface area contributed by atoms with Crippen molar-refractivity contribution in [3.63, 3.8) is 0 Å². The van der Waals surface area contributed by atoms with Crippen molar-refractivity contribution in [2.75, 3.05) is 33.0 Å². The van der Waals surface area contributed by atoms with Gasteiger partial charge in [0.05, 0.1) is 33.0 Å². The van der Waals surface area contributed by atoms with E-state index in [1.807, 2.05) is 0 Å². The van der Waals surface area contributed by atoms with Crippen LogP contribution in [0.4, 0.5) is 0 Å². The highest BCUT2D eigenvalue weighted by molar-refractivity contribution is 4.93. The first-order valence-corrected chi connectivity index (χ1v) is 14.0. The van der Waals surface area contributed by atoms with Gasteiger partial charge in [0.25, 0.3) is 0 Å². The molecule has 4 saturated heterocycles. The van der Waals surface area contributed by atoms with Gasteiger partial charge in [-0.3, -0.25) is 0 Å². The molecule has 0 amide bonds. The van der Waals surface area contributed by atoms with Crippen molar-refractivity contribution >= 4 is 0 Å². The Bertz CT molecular complexity index is 885. The molecule has 0 aromatic carbocycles. The van der Waals surface area contributed by atoms with E-state index < -0.39 is 143 Å². The standard InChI is InChI=1S/C24H42O20/c25-1-7-12(28)16(32)19(35)22(42-7)40-4-9-14(30)18(34)21(37)24(44-9)41-5-10-15(31)17(33)20(36)23(43-10)39-3-8-13(29)11(27)6(26)2-38-8/h6-37H,1-5H2/t6-,7+,8+,9+,10+,11+,12+,13+,14+,15+,16-,17-,18-,19+,20+,21+,22-,23-,24-/m0/s1. The molecule has 4 rings (SSSR count). The summed E-state index contributed by atoms with van der Waals surface area (Å²) >= 11 is 0. The van der Waals surface area contributed by atoms with E-state index in [0.717, 1.165) is 0 Å². The second kappa shape index (κ2) is 15.4. The lowest BCUT2D eigenvalue weighted by atomic mass is 9.98. The molecule has 20 nitrogen and oxygen atoms in total. The Kier molecular flexibility index (Phi) is 12.6. The van der Waals surface area contributed by atoms with E-state index in [-0.39, 0.29) is 6.61 Å². The summed E-state index contributed by atoms with van der Waals surface area (Å²) in [7, 11) is 0. The van der Waals surface area contributed by atoms with Crippen LogP contribution >= 0.6 is 0 Å². The van der Waals surface area contributed by atoms with Gasteiger partial charge in [-0.2, -0.15) is 0 Å². The van der Waals surface area contributed by atoms with Crippen LogP contribution in [0, 0.1) is 0 Å². The normalized spacial score (nSPS) is 52.2. The molecule has 4 fully saturated rings. The molecule has 19 atom stereocenters. The van der Waals surface area contributed by atoms with Crippen LogP contribution in [0.2, 0.25) is 0 Å². The average molecular weight is 651 g/mol. The maximum absolute atomic E-state index is 10.4. The number of rotatable bonds is 10. The topological polar surface area (TPSA) is 328 Å². The van der Waals surface area contributed by atoms with Crippen molar-refractivity contribution in [3.05, 3.63) is 0 Å². The van der Waals surface area contributed by atoms with Gasteiger partial charge in [-0.1, -0.05) is 0 Å². The summed E-state index contributed by atoms with van der Waals surface area (Å²) in [5, 5.41) is 131. The molecule has 0 radical (unpaired) electrons. The molecule has 20 heteroatoms. The van der Waals surface area contributed by atoms with Crippen LogP contribution in [0.25, 0.3) is 0 Å². The van der Waals surface area contributed by atoms with Gasteiger partial charge in [0.15, 0.2) is 18.9 Å². The minimum Gasteiger partial charge on any atom is -0.394 e. The number of ether oxygens (including phenoxy) is 7. The molecule has 4 aliphatic heterocycles. The third-order valence-electron chi connectivity index (χ3n) is 8.07. The lowest BCUT2D eigenvalue weighted by Gasteiger charge is -2.44. The molecule has 4 heterocycles. The molecule has 0 unspecified atom stereocenters. The quantitative estimate of drug-likeness (QED) is 0.104. The molecular formula is C24H42O20. The molecule has 0 spiro atoms. The average Bonchev–Trinajstić information content (AvgIpc) is 3.01. The van der Waals surface area contributed by atoms with Gasteiger partial charge in [-0.15, -0.1) is 0 Å². The first-order chi connectivity index (χ1) is 20.8. The minimum absolute atomic E-state index is 0.309. The van der Waals surface area contributed by atoms with E-state index in [2.05, 4.69) is 0 Å². The van der Waals surface area contributed by atoms with Crippen LogP contribution in [0.15, 0.2) is 0 Å². The zero-order valence-corrected chi connectivity index (χ0v) is 23.2. The molecular weight excluding hydrogens is 608 g/mol. The largest absolute Gasteiger partial charge is 0.394 e. The third-order valence-corrected chi connectivity index (χ3v) is 8.07. The maximum atomic E-state index is 10.4. The number of hydrogen-bond donors (Lipinski definition) is 13. The van der Waals surface area contributed by atoms with Crippen molar-refractivity contribution in [1.82, 2.24) is 0 Å². The number of aliphatic hydroxyl groups excluding tert-OH is 13. The van der Waals surface area contributed by atoms with E-state index in [4.69, 9.17) is 33.2 Å².